The molecule has 0 aliphatic heterocycles. The average Bonchev–Trinajstić information content (AvgIpc) is 2.34. The number of rotatable bonds is 11. The van der Waals surface area contributed by atoms with E-state index in [0.717, 1.165) is 0 Å². The zero-order chi connectivity index (χ0) is 12.9. The van der Waals surface area contributed by atoms with Crippen LogP contribution in [0.3, 0.4) is 0 Å². The molecule has 0 bridgehead atoms. The first-order chi connectivity index (χ1) is 8.26. The van der Waals surface area contributed by atoms with E-state index >= 15 is 0 Å². The van der Waals surface area contributed by atoms with Crippen molar-refractivity contribution in [3.63, 3.8) is 0 Å². The summed E-state index contributed by atoms with van der Waals surface area (Å²) in [5, 5.41) is 0. The van der Waals surface area contributed by atoms with E-state index in [4.69, 9.17) is 18.9 Å². The molecule has 0 unspecified atom stereocenters. The zero-order valence-electron chi connectivity index (χ0n) is 10.9. The summed E-state index contributed by atoms with van der Waals surface area (Å²) in [5.74, 6) is -0.0600. The van der Waals surface area contributed by atoms with Crippen LogP contribution < -0.4 is 0 Å². The highest BCUT2D eigenvalue weighted by molar-refractivity contribution is 5.77. The molecule has 0 aliphatic carbocycles. The van der Waals surface area contributed by atoms with Crippen LogP contribution in [-0.4, -0.2) is 78.3 Å². The van der Waals surface area contributed by atoms with E-state index < -0.39 is 0 Å². The van der Waals surface area contributed by atoms with Crippen molar-refractivity contribution in [1.82, 2.24) is 4.90 Å². The smallest absolute Gasteiger partial charge is 0.248 e. The van der Waals surface area contributed by atoms with Gasteiger partial charge in [-0.2, -0.15) is 0 Å². The van der Waals surface area contributed by atoms with E-state index in [-0.39, 0.29) is 12.5 Å². The molecule has 0 atom stereocenters. The van der Waals surface area contributed by atoms with E-state index in [2.05, 4.69) is 0 Å². The maximum atomic E-state index is 11.8. The largest absolute Gasteiger partial charge is 0.383 e. The van der Waals surface area contributed by atoms with Crippen molar-refractivity contribution in [3.8, 4) is 0 Å². The Labute approximate surface area is 103 Å². The van der Waals surface area contributed by atoms with Gasteiger partial charge in [-0.15, -0.1) is 0 Å². The fourth-order valence-corrected chi connectivity index (χ4v) is 1.16. The van der Waals surface area contributed by atoms with Crippen LogP contribution in [0, 0.1) is 0 Å². The van der Waals surface area contributed by atoms with Gasteiger partial charge in [0.25, 0.3) is 0 Å². The summed E-state index contributed by atoms with van der Waals surface area (Å²) in [5.41, 5.74) is 0. The van der Waals surface area contributed by atoms with Crippen LogP contribution in [0.25, 0.3) is 0 Å². The zero-order valence-corrected chi connectivity index (χ0v) is 10.9. The van der Waals surface area contributed by atoms with Gasteiger partial charge < -0.3 is 23.8 Å². The number of hydrogen-bond acceptors (Lipinski definition) is 5. The summed E-state index contributed by atoms with van der Waals surface area (Å²) in [4.78, 5) is 13.4. The van der Waals surface area contributed by atoms with Crippen LogP contribution in [0.1, 0.15) is 0 Å². The molecule has 0 rings (SSSR count). The van der Waals surface area contributed by atoms with Gasteiger partial charge in [0.2, 0.25) is 5.91 Å². The summed E-state index contributed by atoms with van der Waals surface area (Å²) >= 11 is 0. The van der Waals surface area contributed by atoms with Gasteiger partial charge in [-0.05, 0) is 0 Å². The Balaban J connectivity index is 3.85. The number of nitrogens with zero attached hydrogens (tertiary/aromatic N) is 1. The van der Waals surface area contributed by atoms with Gasteiger partial charge in [0.1, 0.15) is 6.61 Å². The number of methoxy groups -OCH3 is 3. The van der Waals surface area contributed by atoms with Gasteiger partial charge in [0.05, 0.1) is 26.4 Å². The van der Waals surface area contributed by atoms with Gasteiger partial charge in [0.15, 0.2) is 0 Å². The number of amides is 1. The number of carbonyl (C=O) groups excluding carboxylic acids is 1. The Morgan fingerprint density at radius 2 is 1.41 bits per heavy atom. The van der Waals surface area contributed by atoms with E-state index in [1.165, 1.54) is 0 Å². The molecule has 6 nitrogen and oxygen atoms in total. The molecule has 0 aromatic carbocycles. The van der Waals surface area contributed by atoms with Gasteiger partial charge in [-0.25, -0.2) is 0 Å². The molecule has 1 amide bonds. The minimum Gasteiger partial charge on any atom is -0.383 e. The van der Waals surface area contributed by atoms with Crippen molar-refractivity contribution < 1.29 is 23.7 Å². The molecule has 0 N–H and O–H groups in total. The molecule has 0 saturated carbocycles. The predicted octanol–water partition coefficient (Wildman–Crippen LogP) is -0.229. The maximum absolute atomic E-state index is 11.8. The Morgan fingerprint density at radius 1 is 0.882 bits per heavy atom. The highest BCUT2D eigenvalue weighted by Crippen LogP contribution is 1.92. The van der Waals surface area contributed by atoms with Crippen molar-refractivity contribution in [2.75, 3.05) is 67.5 Å². The lowest BCUT2D eigenvalue weighted by molar-refractivity contribution is -0.137. The van der Waals surface area contributed by atoms with Gasteiger partial charge >= 0.3 is 0 Å². The molecule has 0 radical (unpaired) electrons. The molecule has 0 fully saturated rings. The third-order valence-electron chi connectivity index (χ3n) is 2.14. The molecule has 0 spiro atoms. The molecule has 102 valence electrons. The molecular formula is C11H23NO5. The molecule has 0 aromatic heterocycles. The first-order valence-corrected chi connectivity index (χ1v) is 5.58. The van der Waals surface area contributed by atoms with Crippen LogP contribution in [0.5, 0.6) is 0 Å². The minimum absolute atomic E-state index is 0.0600. The highest BCUT2D eigenvalue weighted by Gasteiger charge is 2.12. The Kier molecular flexibility index (Phi) is 11.3. The Morgan fingerprint density at radius 3 is 1.88 bits per heavy atom. The normalized spacial score (nSPS) is 10.5. The SMILES string of the molecule is COCCOCC(=O)N(CCOC)CCOC. The Bertz CT molecular complexity index is 181. The number of hydrogen-bond donors (Lipinski definition) is 0. The highest BCUT2D eigenvalue weighted by atomic mass is 16.5. The molecular weight excluding hydrogens is 226 g/mol. The molecule has 17 heavy (non-hydrogen) atoms. The van der Waals surface area contributed by atoms with Gasteiger partial charge in [-0.1, -0.05) is 0 Å². The van der Waals surface area contributed by atoms with Crippen molar-refractivity contribution in [1.29, 1.82) is 0 Å². The lowest BCUT2D eigenvalue weighted by Crippen LogP contribution is -2.38. The standard InChI is InChI=1S/C11H23NO5/c1-14-6-4-12(5-7-15-2)11(13)10-17-9-8-16-3/h4-10H2,1-3H3. The summed E-state index contributed by atoms with van der Waals surface area (Å²) in [6.45, 7) is 3.09. The topological polar surface area (TPSA) is 57.2 Å². The summed E-state index contributed by atoms with van der Waals surface area (Å²) < 4.78 is 19.9. The first kappa shape index (κ1) is 16.3. The fourth-order valence-electron chi connectivity index (χ4n) is 1.16. The lowest BCUT2D eigenvalue weighted by atomic mass is 10.4. The summed E-state index contributed by atoms with van der Waals surface area (Å²) in [6.07, 6.45) is 0. The third-order valence-corrected chi connectivity index (χ3v) is 2.14. The van der Waals surface area contributed by atoms with Crippen molar-refractivity contribution in [3.05, 3.63) is 0 Å². The molecule has 6 heteroatoms. The second-order valence-corrected chi connectivity index (χ2v) is 3.41. The van der Waals surface area contributed by atoms with Crippen molar-refractivity contribution >= 4 is 5.91 Å². The van der Waals surface area contributed by atoms with Gasteiger partial charge in [-0.3, -0.25) is 4.79 Å². The Hall–Kier alpha value is -0.690. The first-order valence-electron chi connectivity index (χ1n) is 5.58. The molecule has 0 heterocycles. The summed E-state index contributed by atoms with van der Waals surface area (Å²) in [6, 6.07) is 0. The predicted molar refractivity (Wildman–Crippen MR) is 63.0 cm³/mol. The quantitative estimate of drug-likeness (QED) is 0.473. The number of carbonyl (C=O) groups is 1. The van der Waals surface area contributed by atoms with E-state index in [1.807, 2.05) is 0 Å². The van der Waals surface area contributed by atoms with Crippen LogP contribution in [0.15, 0.2) is 0 Å². The van der Waals surface area contributed by atoms with E-state index in [1.54, 1.807) is 26.2 Å². The molecule has 0 saturated heterocycles. The minimum atomic E-state index is -0.0600. The van der Waals surface area contributed by atoms with Crippen molar-refractivity contribution in [2.45, 2.75) is 0 Å². The van der Waals surface area contributed by atoms with Crippen LogP contribution in [0.4, 0.5) is 0 Å². The maximum Gasteiger partial charge on any atom is 0.248 e. The second-order valence-electron chi connectivity index (χ2n) is 3.41. The number of ether oxygens (including phenoxy) is 4. The van der Waals surface area contributed by atoms with E-state index in [0.29, 0.717) is 39.5 Å². The summed E-state index contributed by atoms with van der Waals surface area (Å²) in [7, 11) is 4.80. The van der Waals surface area contributed by atoms with Crippen LogP contribution in [0.2, 0.25) is 0 Å². The monoisotopic (exact) mass is 249 g/mol. The van der Waals surface area contributed by atoms with Gasteiger partial charge in [0, 0.05) is 34.4 Å². The van der Waals surface area contributed by atoms with Crippen LogP contribution in [-0.2, 0) is 23.7 Å². The van der Waals surface area contributed by atoms with Crippen LogP contribution >= 0.6 is 0 Å². The van der Waals surface area contributed by atoms with Crippen molar-refractivity contribution in [2.24, 2.45) is 0 Å². The molecule has 0 aromatic rings. The second kappa shape index (κ2) is 11.8. The lowest BCUT2D eigenvalue weighted by Gasteiger charge is -2.21. The molecule has 0 aliphatic rings. The fraction of sp³-hybridized carbons (Fsp3) is 0.909. The van der Waals surface area contributed by atoms with E-state index in [9.17, 15) is 4.79 Å². The third kappa shape index (κ3) is 9.05. The average molecular weight is 249 g/mol.